The lowest BCUT2D eigenvalue weighted by Crippen LogP contribution is -2.33. The minimum absolute atomic E-state index is 0.220. The molecule has 0 spiro atoms. The van der Waals surface area contributed by atoms with Gasteiger partial charge in [-0.2, -0.15) is 0 Å². The number of hydrogen-bond acceptors (Lipinski definition) is 6. The van der Waals surface area contributed by atoms with E-state index in [0.29, 0.717) is 22.8 Å². The fraction of sp³-hybridized carbons (Fsp3) is 0.167. The Hall–Kier alpha value is -3.13. The average molecular weight is 371 g/mol. The Bertz CT molecular complexity index is 958. The Balaban J connectivity index is 1.89. The molecule has 0 unspecified atom stereocenters. The Morgan fingerprint density at radius 3 is 2.35 bits per heavy atom. The first-order valence-electron chi connectivity index (χ1n) is 7.66. The number of aromatic nitrogens is 2. The summed E-state index contributed by atoms with van der Waals surface area (Å²) in [5, 5.41) is 2.91. The second-order valence-corrected chi connectivity index (χ2v) is 5.66. The van der Waals surface area contributed by atoms with E-state index >= 15 is 0 Å². The summed E-state index contributed by atoms with van der Waals surface area (Å²) < 4.78 is 17.4. The molecule has 3 rings (SSSR count). The maximum Gasteiger partial charge on any atom is 0.257 e. The molecule has 0 aliphatic carbocycles. The van der Waals surface area contributed by atoms with E-state index in [9.17, 15) is 4.79 Å². The second-order valence-electron chi connectivity index (χ2n) is 5.28. The van der Waals surface area contributed by atoms with Crippen LogP contribution >= 0.6 is 12.2 Å². The van der Waals surface area contributed by atoms with Gasteiger partial charge in [0.25, 0.3) is 5.91 Å². The molecule has 1 aromatic heterocycles. The zero-order valence-corrected chi connectivity index (χ0v) is 15.3. The number of benzene rings is 2. The van der Waals surface area contributed by atoms with Crippen molar-refractivity contribution in [2.75, 3.05) is 21.3 Å². The van der Waals surface area contributed by atoms with E-state index < -0.39 is 5.91 Å². The average Bonchev–Trinajstić information content (AvgIpc) is 3.10. The van der Waals surface area contributed by atoms with Crippen LogP contribution < -0.4 is 19.5 Å². The number of thiocarbonyl (C=S) groups is 1. The highest BCUT2D eigenvalue weighted by Crippen LogP contribution is 2.38. The highest BCUT2D eigenvalue weighted by atomic mass is 32.1. The van der Waals surface area contributed by atoms with Crippen LogP contribution in [-0.4, -0.2) is 41.9 Å². The van der Waals surface area contributed by atoms with Crippen molar-refractivity contribution in [3.8, 4) is 17.2 Å². The topological polar surface area (TPSA) is 74.6 Å². The lowest BCUT2D eigenvalue weighted by atomic mass is 10.1. The molecule has 0 atom stereocenters. The lowest BCUT2D eigenvalue weighted by molar-refractivity contribution is 0.0976. The molecule has 7 nitrogen and oxygen atoms in total. The van der Waals surface area contributed by atoms with Gasteiger partial charge in [0.1, 0.15) is 6.33 Å². The normalized spacial score (nSPS) is 10.4. The summed E-state index contributed by atoms with van der Waals surface area (Å²) in [5.41, 5.74) is 1.92. The fourth-order valence-corrected chi connectivity index (χ4v) is 2.80. The van der Waals surface area contributed by atoms with Gasteiger partial charge in [0.15, 0.2) is 16.6 Å². The predicted octanol–water partition coefficient (Wildman–Crippen LogP) is 2.63. The van der Waals surface area contributed by atoms with Crippen molar-refractivity contribution in [2.24, 2.45) is 0 Å². The number of fused-ring (bicyclic) bond motifs is 1. The van der Waals surface area contributed by atoms with Gasteiger partial charge in [-0.1, -0.05) is 12.1 Å². The summed E-state index contributed by atoms with van der Waals surface area (Å²) in [7, 11) is 4.47. The summed E-state index contributed by atoms with van der Waals surface area (Å²) in [4.78, 5) is 16.9. The first-order valence-corrected chi connectivity index (χ1v) is 8.07. The van der Waals surface area contributed by atoms with Crippen LogP contribution in [0.5, 0.6) is 17.2 Å². The molecule has 0 radical (unpaired) electrons. The van der Waals surface area contributed by atoms with E-state index in [-0.39, 0.29) is 5.11 Å². The molecule has 8 heteroatoms. The molecule has 0 saturated heterocycles. The first kappa shape index (κ1) is 17.7. The van der Waals surface area contributed by atoms with Gasteiger partial charge in [-0.3, -0.25) is 14.7 Å². The van der Waals surface area contributed by atoms with Crippen LogP contribution in [0.2, 0.25) is 0 Å². The highest BCUT2D eigenvalue weighted by molar-refractivity contribution is 7.80. The van der Waals surface area contributed by atoms with Gasteiger partial charge in [0, 0.05) is 5.56 Å². The number of rotatable bonds is 4. The molecule has 2 aromatic carbocycles. The van der Waals surface area contributed by atoms with E-state index in [1.54, 1.807) is 23.0 Å². The van der Waals surface area contributed by atoms with Gasteiger partial charge < -0.3 is 14.2 Å². The number of carbonyl (C=O) groups excluding carboxylic acids is 1. The molecule has 1 amide bonds. The number of para-hydroxylation sites is 2. The number of methoxy groups -OCH3 is 3. The first-order chi connectivity index (χ1) is 12.6. The minimum Gasteiger partial charge on any atom is -0.493 e. The quantitative estimate of drug-likeness (QED) is 0.711. The lowest BCUT2D eigenvalue weighted by Gasteiger charge is -2.14. The van der Waals surface area contributed by atoms with Crippen LogP contribution in [0.4, 0.5) is 0 Å². The summed E-state index contributed by atoms with van der Waals surface area (Å²) in [6.07, 6.45) is 1.57. The van der Waals surface area contributed by atoms with Crippen molar-refractivity contribution in [3.63, 3.8) is 0 Å². The third-order valence-corrected chi connectivity index (χ3v) is 4.12. The summed E-state index contributed by atoms with van der Waals surface area (Å²) in [6.45, 7) is 0. The van der Waals surface area contributed by atoms with E-state index in [4.69, 9.17) is 26.4 Å². The summed E-state index contributed by atoms with van der Waals surface area (Å²) >= 11 is 5.35. The maximum atomic E-state index is 12.6. The SMILES string of the molecule is COc1cc(C(=O)NC(=S)n2cnc3ccccc32)cc(OC)c1OC. The number of carbonyl (C=O) groups is 1. The molecule has 1 N–H and O–H groups in total. The van der Waals surface area contributed by atoms with Gasteiger partial charge in [0.05, 0.1) is 32.4 Å². The van der Waals surface area contributed by atoms with Crippen molar-refractivity contribution >= 4 is 34.3 Å². The summed E-state index contributed by atoms with van der Waals surface area (Å²) in [6, 6.07) is 10.6. The summed E-state index contributed by atoms with van der Waals surface area (Å²) in [5.74, 6) is 0.786. The fourth-order valence-electron chi connectivity index (χ4n) is 2.56. The van der Waals surface area contributed by atoms with Crippen LogP contribution in [-0.2, 0) is 0 Å². The molecular formula is C18H17N3O4S. The molecule has 1 heterocycles. The number of hydrogen-bond donors (Lipinski definition) is 1. The number of imidazole rings is 1. The monoisotopic (exact) mass is 371 g/mol. The van der Waals surface area contributed by atoms with Crippen LogP contribution in [0, 0.1) is 0 Å². The maximum absolute atomic E-state index is 12.6. The highest BCUT2D eigenvalue weighted by Gasteiger charge is 2.18. The Kier molecular flexibility index (Phi) is 5.04. The molecule has 26 heavy (non-hydrogen) atoms. The number of nitrogens with zero attached hydrogens (tertiary/aromatic N) is 2. The van der Waals surface area contributed by atoms with E-state index in [1.807, 2.05) is 24.3 Å². The van der Waals surface area contributed by atoms with Crippen LogP contribution in [0.25, 0.3) is 11.0 Å². The van der Waals surface area contributed by atoms with Crippen molar-refractivity contribution < 1.29 is 19.0 Å². The minimum atomic E-state index is -0.396. The number of nitrogens with one attached hydrogen (secondary N) is 1. The van der Waals surface area contributed by atoms with E-state index in [2.05, 4.69) is 10.3 Å². The third-order valence-electron chi connectivity index (χ3n) is 3.82. The van der Waals surface area contributed by atoms with Crippen molar-refractivity contribution in [3.05, 3.63) is 48.3 Å². The van der Waals surface area contributed by atoms with Crippen LogP contribution in [0.1, 0.15) is 10.4 Å². The van der Waals surface area contributed by atoms with Crippen molar-refractivity contribution in [2.45, 2.75) is 0 Å². The number of ether oxygens (including phenoxy) is 3. The molecule has 0 bridgehead atoms. The van der Waals surface area contributed by atoms with Crippen LogP contribution in [0.3, 0.4) is 0 Å². The number of amides is 1. The van der Waals surface area contributed by atoms with E-state index in [1.165, 1.54) is 21.3 Å². The van der Waals surface area contributed by atoms with E-state index in [0.717, 1.165) is 11.0 Å². The largest absolute Gasteiger partial charge is 0.493 e. The zero-order valence-electron chi connectivity index (χ0n) is 14.5. The molecule has 0 aliphatic rings. The Labute approximate surface area is 155 Å². The third kappa shape index (κ3) is 3.18. The van der Waals surface area contributed by atoms with Gasteiger partial charge >= 0.3 is 0 Å². The van der Waals surface area contributed by atoms with Gasteiger partial charge in [0.2, 0.25) is 5.75 Å². The molecular weight excluding hydrogens is 354 g/mol. The molecule has 134 valence electrons. The Morgan fingerprint density at radius 1 is 1.08 bits per heavy atom. The zero-order chi connectivity index (χ0) is 18.7. The van der Waals surface area contributed by atoms with Gasteiger partial charge in [-0.05, 0) is 36.5 Å². The van der Waals surface area contributed by atoms with Gasteiger partial charge in [-0.25, -0.2) is 4.98 Å². The standard InChI is InChI=1S/C18H17N3O4S/c1-23-14-8-11(9-15(24-2)16(14)25-3)17(22)20-18(26)21-10-19-12-6-4-5-7-13(12)21/h4-10H,1-3H3,(H,20,22,26). The van der Waals surface area contributed by atoms with Crippen molar-refractivity contribution in [1.29, 1.82) is 0 Å². The van der Waals surface area contributed by atoms with Gasteiger partial charge in [-0.15, -0.1) is 0 Å². The smallest absolute Gasteiger partial charge is 0.257 e. The molecule has 3 aromatic rings. The Morgan fingerprint density at radius 2 is 1.73 bits per heavy atom. The molecule has 0 saturated carbocycles. The predicted molar refractivity (Wildman–Crippen MR) is 101 cm³/mol. The second kappa shape index (κ2) is 7.40. The molecule has 0 aliphatic heterocycles. The van der Waals surface area contributed by atoms with Crippen molar-refractivity contribution in [1.82, 2.24) is 14.9 Å². The van der Waals surface area contributed by atoms with Crippen LogP contribution in [0.15, 0.2) is 42.7 Å². The molecule has 0 fully saturated rings.